The van der Waals surface area contributed by atoms with Crippen LogP contribution in [0.15, 0.2) is 17.5 Å². The zero-order valence-electron chi connectivity index (χ0n) is 11.0. The highest BCUT2D eigenvalue weighted by atomic mass is 32.1. The van der Waals surface area contributed by atoms with Crippen LogP contribution in [0, 0.1) is 5.92 Å². The second kappa shape index (κ2) is 5.95. The van der Waals surface area contributed by atoms with Crippen molar-refractivity contribution < 1.29 is 18.0 Å². The molecule has 0 fully saturated rings. The number of alkyl halides is 3. The van der Waals surface area contributed by atoms with Crippen LogP contribution in [0.25, 0.3) is 0 Å². The highest BCUT2D eigenvalue weighted by Gasteiger charge is 2.34. The SMILES string of the molecule is CN(Cc1nc(C(F)(F)F)cs1)C(=O)C1CC=CCC1. The van der Waals surface area contributed by atoms with Crippen LogP contribution < -0.4 is 0 Å². The standard InChI is InChI=1S/C13H15F3N2OS/c1-18(12(19)9-5-3-2-4-6-9)7-11-17-10(8-20-11)13(14,15)16/h2-3,8-9H,4-7H2,1H3. The van der Waals surface area contributed by atoms with Crippen molar-refractivity contribution in [2.75, 3.05) is 7.05 Å². The van der Waals surface area contributed by atoms with Crippen molar-refractivity contribution in [3.63, 3.8) is 0 Å². The molecule has 7 heteroatoms. The van der Waals surface area contributed by atoms with Gasteiger partial charge in [0.05, 0.1) is 6.54 Å². The van der Waals surface area contributed by atoms with Gasteiger partial charge in [-0.1, -0.05) is 12.2 Å². The molecule has 1 aromatic heterocycles. The third-order valence-electron chi connectivity index (χ3n) is 3.21. The third-order valence-corrected chi connectivity index (χ3v) is 4.04. The maximum atomic E-state index is 12.4. The molecule has 0 N–H and O–H groups in total. The fraction of sp³-hybridized carbons (Fsp3) is 0.538. The van der Waals surface area contributed by atoms with Crippen molar-refractivity contribution in [2.45, 2.75) is 32.0 Å². The van der Waals surface area contributed by atoms with E-state index in [1.165, 1.54) is 4.90 Å². The number of halogens is 3. The Labute approximate surface area is 119 Å². The summed E-state index contributed by atoms with van der Waals surface area (Å²) in [6.07, 6.45) is 1.97. The van der Waals surface area contributed by atoms with Crippen LogP contribution in [-0.2, 0) is 17.5 Å². The largest absolute Gasteiger partial charge is 0.434 e. The minimum atomic E-state index is -4.43. The number of aromatic nitrogens is 1. The molecule has 110 valence electrons. The fourth-order valence-corrected chi connectivity index (χ4v) is 2.98. The van der Waals surface area contributed by atoms with Crippen LogP contribution in [0.2, 0.25) is 0 Å². The number of thiazole rings is 1. The molecule has 3 nitrogen and oxygen atoms in total. The number of hydrogen-bond donors (Lipinski definition) is 0. The van der Waals surface area contributed by atoms with Gasteiger partial charge < -0.3 is 4.90 Å². The second-order valence-electron chi connectivity index (χ2n) is 4.80. The van der Waals surface area contributed by atoms with E-state index in [4.69, 9.17) is 0 Å². The number of allylic oxidation sites excluding steroid dienone is 2. The first-order valence-electron chi connectivity index (χ1n) is 6.29. The van der Waals surface area contributed by atoms with Crippen LogP contribution in [0.1, 0.15) is 30.0 Å². The molecule has 1 aromatic rings. The van der Waals surface area contributed by atoms with E-state index in [9.17, 15) is 18.0 Å². The van der Waals surface area contributed by atoms with E-state index < -0.39 is 11.9 Å². The van der Waals surface area contributed by atoms with Crippen molar-refractivity contribution in [3.8, 4) is 0 Å². The molecule has 0 aromatic carbocycles. The van der Waals surface area contributed by atoms with Crippen molar-refractivity contribution in [3.05, 3.63) is 28.2 Å². The smallest absolute Gasteiger partial charge is 0.339 e. The lowest BCUT2D eigenvalue weighted by Gasteiger charge is -2.23. The molecule has 0 bridgehead atoms. The summed E-state index contributed by atoms with van der Waals surface area (Å²) in [5.74, 6) is -0.0924. The van der Waals surface area contributed by atoms with E-state index >= 15 is 0 Å². The van der Waals surface area contributed by atoms with Gasteiger partial charge in [0.1, 0.15) is 5.01 Å². The topological polar surface area (TPSA) is 33.2 Å². The van der Waals surface area contributed by atoms with Crippen molar-refractivity contribution in [1.29, 1.82) is 0 Å². The van der Waals surface area contributed by atoms with Crippen molar-refractivity contribution >= 4 is 17.2 Å². The van der Waals surface area contributed by atoms with Crippen LogP contribution >= 0.6 is 11.3 Å². The molecule has 0 saturated carbocycles. The Balaban J connectivity index is 1.97. The normalized spacial score (nSPS) is 19.1. The maximum Gasteiger partial charge on any atom is 0.434 e. The first kappa shape index (κ1) is 15.0. The second-order valence-corrected chi connectivity index (χ2v) is 5.74. The highest BCUT2D eigenvalue weighted by molar-refractivity contribution is 7.09. The van der Waals surface area contributed by atoms with Gasteiger partial charge in [0, 0.05) is 18.3 Å². The van der Waals surface area contributed by atoms with Gasteiger partial charge in [0.25, 0.3) is 0 Å². The van der Waals surface area contributed by atoms with Gasteiger partial charge in [-0.25, -0.2) is 4.98 Å². The molecule has 1 heterocycles. The Morgan fingerprint density at radius 3 is 2.80 bits per heavy atom. The molecule has 0 radical (unpaired) electrons. The Bertz CT molecular complexity index is 510. The summed E-state index contributed by atoms with van der Waals surface area (Å²) in [6.45, 7) is 0.125. The number of rotatable bonds is 3. The highest BCUT2D eigenvalue weighted by Crippen LogP contribution is 2.30. The monoisotopic (exact) mass is 304 g/mol. The molecule has 0 spiro atoms. The summed E-state index contributed by atoms with van der Waals surface area (Å²) in [4.78, 5) is 17.1. The summed E-state index contributed by atoms with van der Waals surface area (Å²) in [7, 11) is 1.61. The minimum absolute atomic E-state index is 0.0295. The zero-order valence-corrected chi connectivity index (χ0v) is 11.8. The summed E-state index contributed by atoms with van der Waals surface area (Å²) >= 11 is 0.930. The molecule has 1 unspecified atom stereocenters. The molecule has 20 heavy (non-hydrogen) atoms. The lowest BCUT2D eigenvalue weighted by molar-refractivity contribution is -0.140. The fourth-order valence-electron chi connectivity index (χ4n) is 2.12. The van der Waals surface area contributed by atoms with Gasteiger partial charge in [0.2, 0.25) is 5.91 Å². The van der Waals surface area contributed by atoms with E-state index in [0.717, 1.165) is 29.6 Å². The van der Waals surface area contributed by atoms with Gasteiger partial charge >= 0.3 is 6.18 Å². The molecule has 1 atom stereocenters. The molecule has 1 aliphatic rings. The number of hydrogen-bond acceptors (Lipinski definition) is 3. The average molecular weight is 304 g/mol. The quantitative estimate of drug-likeness (QED) is 0.801. The predicted octanol–water partition coefficient (Wildman–Crippen LogP) is 3.48. The van der Waals surface area contributed by atoms with Crippen LogP contribution in [0.3, 0.4) is 0 Å². The first-order valence-corrected chi connectivity index (χ1v) is 7.17. The lowest BCUT2D eigenvalue weighted by Crippen LogP contribution is -2.33. The van der Waals surface area contributed by atoms with Gasteiger partial charge in [-0.3, -0.25) is 4.79 Å². The van der Waals surface area contributed by atoms with Gasteiger partial charge in [-0.05, 0) is 19.3 Å². The average Bonchev–Trinajstić information content (AvgIpc) is 2.87. The van der Waals surface area contributed by atoms with Crippen molar-refractivity contribution in [2.24, 2.45) is 5.92 Å². The van der Waals surface area contributed by atoms with E-state index in [1.807, 2.05) is 12.2 Å². The maximum absolute atomic E-state index is 12.4. The minimum Gasteiger partial charge on any atom is -0.339 e. The molecule has 2 rings (SSSR count). The van der Waals surface area contributed by atoms with Crippen LogP contribution in [-0.4, -0.2) is 22.8 Å². The molecule has 1 amide bonds. The predicted molar refractivity (Wildman–Crippen MR) is 70.1 cm³/mol. The number of nitrogens with zero attached hydrogens (tertiary/aromatic N) is 2. The van der Waals surface area contributed by atoms with Gasteiger partial charge in [-0.15, -0.1) is 11.3 Å². The van der Waals surface area contributed by atoms with E-state index in [2.05, 4.69) is 4.98 Å². The molecule has 0 saturated heterocycles. The van der Waals surface area contributed by atoms with E-state index in [-0.39, 0.29) is 18.4 Å². The summed E-state index contributed by atoms with van der Waals surface area (Å²) in [5, 5.41) is 1.29. The number of carbonyl (C=O) groups excluding carboxylic acids is 1. The summed E-state index contributed by atoms with van der Waals surface area (Å²) < 4.78 is 37.3. The molecular formula is C13H15F3N2OS. The Kier molecular flexibility index (Phi) is 4.47. The summed E-state index contributed by atoms with van der Waals surface area (Å²) in [6, 6.07) is 0. The Morgan fingerprint density at radius 2 is 2.25 bits per heavy atom. The van der Waals surface area contributed by atoms with E-state index in [0.29, 0.717) is 11.4 Å². The van der Waals surface area contributed by atoms with E-state index in [1.54, 1.807) is 7.05 Å². The number of carbonyl (C=O) groups is 1. The van der Waals surface area contributed by atoms with Gasteiger partial charge in [0.15, 0.2) is 5.69 Å². The van der Waals surface area contributed by atoms with Crippen LogP contribution in [0.4, 0.5) is 13.2 Å². The third kappa shape index (κ3) is 3.59. The molecular weight excluding hydrogens is 289 g/mol. The van der Waals surface area contributed by atoms with Crippen molar-refractivity contribution in [1.82, 2.24) is 9.88 Å². The van der Waals surface area contributed by atoms with Gasteiger partial charge in [-0.2, -0.15) is 13.2 Å². The summed E-state index contributed by atoms with van der Waals surface area (Å²) in [5.41, 5.74) is -0.890. The Morgan fingerprint density at radius 1 is 1.50 bits per heavy atom. The van der Waals surface area contributed by atoms with Crippen LogP contribution in [0.5, 0.6) is 0 Å². The molecule has 0 aliphatic heterocycles. The molecule has 1 aliphatic carbocycles. The zero-order chi connectivity index (χ0) is 14.8. The lowest BCUT2D eigenvalue weighted by atomic mass is 9.93. The number of amides is 1. The Hall–Kier alpha value is -1.37. The first-order chi connectivity index (χ1) is 9.38.